The first kappa shape index (κ1) is 25.3. The van der Waals surface area contributed by atoms with Gasteiger partial charge in [-0.25, -0.2) is 9.98 Å². The summed E-state index contributed by atoms with van der Waals surface area (Å²) in [4.78, 5) is 32.6. The lowest BCUT2D eigenvalue weighted by atomic mass is 9.98. The third kappa shape index (κ3) is 4.48. The van der Waals surface area contributed by atoms with Crippen LogP contribution in [0, 0.1) is 0 Å². The molecule has 6 rings (SSSR count). The van der Waals surface area contributed by atoms with Crippen LogP contribution in [0.15, 0.2) is 111 Å². The van der Waals surface area contributed by atoms with E-state index in [1.165, 1.54) is 11.3 Å². The molecule has 6 aromatic rings. The van der Waals surface area contributed by atoms with Gasteiger partial charge in [0, 0.05) is 29.9 Å². The first-order valence-corrected chi connectivity index (χ1v) is 13.7. The van der Waals surface area contributed by atoms with Crippen molar-refractivity contribution < 1.29 is 0 Å². The lowest BCUT2D eigenvalue weighted by Gasteiger charge is -2.19. The molecule has 0 saturated carbocycles. The Hall–Kier alpha value is -4.95. The minimum Gasteiger partial charge on any atom is -0.378 e. The average molecular weight is 543 g/mol. The Labute approximate surface area is 235 Å². The van der Waals surface area contributed by atoms with E-state index in [1.807, 2.05) is 99.0 Å². The smallest absolute Gasteiger partial charge is 0.263 e. The summed E-state index contributed by atoms with van der Waals surface area (Å²) >= 11 is 1.47. The summed E-state index contributed by atoms with van der Waals surface area (Å²) in [6.45, 7) is 5.69. The van der Waals surface area contributed by atoms with Crippen LogP contribution in [-0.4, -0.2) is 34.1 Å². The van der Waals surface area contributed by atoms with Crippen molar-refractivity contribution in [2.45, 2.75) is 13.0 Å². The van der Waals surface area contributed by atoms with Gasteiger partial charge in [0.15, 0.2) is 5.84 Å². The summed E-state index contributed by atoms with van der Waals surface area (Å²) in [5.41, 5.74) is 6.39. The number of nitrogens with zero attached hydrogens (tertiary/aromatic N) is 5. The van der Waals surface area contributed by atoms with Crippen LogP contribution in [0.5, 0.6) is 0 Å². The highest BCUT2D eigenvalue weighted by atomic mass is 32.1. The number of anilines is 1. The fourth-order valence-corrected chi connectivity index (χ4v) is 5.64. The molecule has 0 amide bonds. The molecule has 0 aliphatic carbocycles. The summed E-state index contributed by atoms with van der Waals surface area (Å²) < 4.78 is 1.75. The molecule has 0 aliphatic heterocycles. The molecule has 3 heterocycles. The van der Waals surface area contributed by atoms with E-state index < -0.39 is 6.04 Å². The largest absolute Gasteiger partial charge is 0.378 e. The number of thiazole rings is 1. The number of benzene rings is 3. The number of para-hydroxylation sites is 2. The van der Waals surface area contributed by atoms with Crippen molar-refractivity contribution in [1.29, 1.82) is 0 Å². The standard InChI is InChI=1S/C32H26N6OS/c1-20(37-30(33-2)29-31(34-3)40-19-36-29)27-17-22-11-9-14-25(23-16-21-10-7-8-15-26(21)35-18-23)28(22)32(39)38(27)24-12-5-4-6-13-24/h4-20,34H,2H2,1,3H3/t20-/m0/s1. The summed E-state index contributed by atoms with van der Waals surface area (Å²) in [6.07, 6.45) is 1.83. The van der Waals surface area contributed by atoms with Crippen molar-refractivity contribution in [3.8, 4) is 16.8 Å². The molecule has 0 saturated heterocycles. The second-order valence-electron chi connectivity index (χ2n) is 9.30. The molecule has 0 unspecified atom stereocenters. The third-order valence-electron chi connectivity index (χ3n) is 6.89. The van der Waals surface area contributed by atoms with Crippen molar-refractivity contribution in [1.82, 2.24) is 14.5 Å². The molecule has 196 valence electrons. The zero-order valence-electron chi connectivity index (χ0n) is 22.1. The Kier molecular flexibility index (Phi) is 6.76. The van der Waals surface area contributed by atoms with E-state index in [-0.39, 0.29) is 5.56 Å². The van der Waals surface area contributed by atoms with Crippen LogP contribution in [0.4, 0.5) is 5.00 Å². The van der Waals surface area contributed by atoms with Gasteiger partial charge in [0.25, 0.3) is 5.56 Å². The lowest BCUT2D eigenvalue weighted by Crippen LogP contribution is -2.24. The molecule has 3 aromatic heterocycles. The maximum atomic E-state index is 14.4. The zero-order valence-corrected chi connectivity index (χ0v) is 22.9. The van der Waals surface area contributed by atoms with E-state index in [9.17, 15) is 4.79 Å². The predicted molar refractivity (Wildman–Crippen MR) is 166 cm³/mol. The zero-order chi connectivity index (χ0) is 27.6. The lowest BCUT2D eigenvalue weighted by molar-refractivity contribution is 0.735. The predicted octanol–water partition coefficient (Wildman–Crippen LogP) is 6.91. The number of hydrogen-bond acceptors (Lipinski definition) is 6. The number of fused-ring (bicyclic) bond motifs is 2. The van der Waals surface area contributed by atoms with Crippen LogP contribution in [0.25, 0.3) is 38.5 Å². The van der Waals surface area contributed by atoms with E-state index in [0.717, 1.165) is 43.8 Å². The molecule has 0 radical (unpaired) electrons. The Morgan fingerprint density at radius 2 is 1.75 bits per heavy atom. The average Bonchev–Trinajstić information content (AvgIpc) is 3.48. The van der Waals surface area contributed by atoms with Gasteiger partial charge in [-0.05, 0) is 54.9 Å². The highest BCUT2D eigenvalue weighted by Gasteiger charge is 2.20. The first-order valence-electron chi connectivity index (χ1n) is 12.8. The van der Waals surface area contributed by atoms with Gasteiger partial charge < -0.3 is 5.32 Å². The molecule has 0 fully saturated rings. The Balaban J connectivity index is 1.59. The van der Waals surface area contributed by atoms with Gasteiger partial charge in [-0.3, -0.25) is 19.3 Å². The maximum absolute atomic E-state index is 14.4. The SMILES string of the molecule is C=NC(=N[C@@H](C)c1cc2cccc(-c3cnc4ccccc4c3)c2c(=O)n1-c1ccccc1)c1ncsc1NC. The molecule has 1 N–H and O–H groups in total. The Morgan fingerprint density at radius 1 is 0.975 bits per heavy atom. The highest BCUT2D eigenvalue weighted by Crippen LogP contribution is 2.31. The van der Waals surface area contributed by atoms with Crippen LogP contribution in [0.3, 0.4) is 0 Å². The summed E-state index contributed by atoms with van der Waals surface area (Å²) in [5, 5.41) is 6.47. The van der Waals surface area contributed by atoms with Gasteiger partial charge in [-0.1, -0.05) is 54.6 Å². The fourth-order valence-electron chi connectivity index (χ4n) is 5.00. The third-order valence-corrected chi connectivity index (χ3v) is 7.74. The van der Waals surface area contributed by atoms with E-state index in [4.69, 9.17) is 4.99 Å². The van der Waals surface area contributed by atoms with Gasteiger partial charge in [0.05, 0.1) is 28.1 Å². The molecule has 1 atom stereocenters. The summed E-state index contributed by atoms with van der Waals surface area (Å²) in [5.74, 6) is 0.418. The number of aliphatic imine (C=N–C) groups is 2. The Morgan fingerprint density at radius 3 is 2.55 bits per heavy atom. The molecule has 0 spiro atoms. The molecule has 7 nitrogen and oxygen atoms in total. The second kappa shape index (κ2) is 10.7. The second-order valence-corrected chi connectivity index (χ2v) is 10.2. The number of pyridine rings is 2. The van der Waals surface area contributed by atoms with E-state index in [2.05, 4.69) is 33.1 Å². The van der Waals surface area contributed by atoms with Gasteiger partial charge in [-0.2, -0.15) is 0 Å². The van der Waals surface area contributed by atoms with E-state index in [0.29, 0.717) is 16.9 Å². The monoisotopic (exact) mass is 542 g/mol. The highest BCUT2D eigenvalue weighted by molar-refractivity contribution is 7.14. The first-order chi connectivity index (χ1) is 19.6. The van der Waals surface area contributed by atoms with Crippen LogP contribution in [0.1, 0.15) is 24.4 Å². The van der Waals surface area contributed by atoms with Gasteiger partial charge >= 0.3 is 0 Å². The molecule has 0 bridgehead atoms. The van der Waals surface area contributed by atoms with E-state index in [1.54, 1.807) is 10.1 Å². The number of amidine groups is 1. The Bertz CT molecular complexity index is 1960. The maximum Gasteiger partial charge on any atom is 0.263 e. The van der Waals surface area contributed by atoms with Crippen molar-refractivity contribution in [2.24, 2.45) is 9.98 Å². The minimum atomic E-state index is -0.421. The number of hydrogen-bond donors (Lipinski definition) is 1. The molecule has 0 aliphatic rings. The van der Waals surface area contributed by atoms with Crippen molar-refractivity contribution in [2.75, 3.05) is 12.4 Å². The van der Waals surface area contributed by atoms with Gasteiger partial charge in [0.1, 0.15) is 10.7 Å². The topological polar surface area (TPSA) is 84.5 Å². The van der Waals surface area contributed by atoms with Gasteiger partial charge in [-0.15, -0.1) is 11.3 Å². The number of nitrogens with one attached hydrogen (secondary N) is 1. The molecular formula is C32H26N6OS. The van der Waals surface area contributed by atoms with Crippen LogP contribution in [-0.2, 0) is 0 Å². The number of rotatable bonds is 6. The summed E-state index contributed by atoms with van der Waals surface area (Å²) in [6, 6.07) is 27.2. The summed E-state index contributed by atoms with van der Waals surface area (Å²) in [7, 11) is 1.83. The molecule has 8 heteroatoms. The normalized spacial score (nSPS) is 12.5. The fraction of sp³-hybridized carbons (Fsp3) is 0.0938. The van der Waals surface area contributed by atoms with Crippen molar-refractivity contribution >= 4 is 50.6 Å². The quantitative estimate of drug-likeness (QED) is 0.183. The number of aromatic nitrogens is 3. The van der Waals surface area contributed by atoms with Crippen molar-refractivity contribution in [3.63, 3.8) is 0 Å². The van der Waals surface area contributed by atoms with Gasteiger partial charge in [0.2, 0.25) is 0 Å². The van der Waals surface area contributed by atoms with Crippen molar-refractivity contribution in [3.05, 3.63) is 118 Å². The molecular weight excluding hydrogens is 516 g/mol. The molecule has 3 aromatic carbocycles. The van der Waals surface area contributed by atoms with E-state index >= 15 is 0 Å². The molecule has 40 heavy (non-hydrogen) atoms. The van der Waals surface area contributed by atoms with Crippen LogP contribution in [0.2, 0.25) is 0 Å². The van der Waals surface area contributed by atoms with Crippen LogP contribution < -0.4 is 10.9 Å². The minimum absolute atomic E-state index is 0.123. The van der Waals surface area contributed by atoms with Crippen LogP contribution >= 0.6 is 11.3 Å².